The number of aryl methyl sites for hydroxylation is 4. The van der Waals surface area contributed by atoms with Gasteiger partial charge in [-0.3, -0.25) is 4.72 Å². The van der Waals surface area contributed by atoms with Crippen LogP contribution >= 0.6 is 0 Å². The van der Waals surface area contributed by atoms with E-state index in [9.17, 15) is 8.42 Å². The fraction of sp³-hybridized carbons (Fsp3) is 0.250. The van der Waals surface area contributed by atoms with Crippen LogP contribution in [0.4, 0.5) is 5.69 Å². The molecule has 0 saturated heterocycles. The highest BCUT2D eigenvalue weighted by molar-refractivity contribution is 7.92. The van der Waals surface area contributed by atoms with Crippen molar-refractivity contribution in [2.24, 2.45) is 0 Å². The van der Waals surface area contributed by atoms with Crippen LogP contribution in [0.3, 0.4) is 0 Å². The second-order valence-electron chi connectivity index (χ2n) is 6.41. The maximum atomic E-state index is 12.9. The van der Waals surface area contributed by atoms with Gasteiger partial charge in [0.25, 0.3) is 10.0 Å². The summed E-state index contributed by atoms with van der Waals surface area (Å²) < 4.78 is 39.0. The smallest absolute Gasteiger partial charge is 0.262 e. The largest absolute Gasteiger partial charge is 0.497 e. The molecule has 0 saturated carbocycles. The standard InChI is InChI=1S/C20H22N2O4S/c1-12-10-18(25-5)11-13(2)20(12)27(23,24)22-17-8-6-16(7-9-17)19-14(3)26-15(4)21-19/h6-11,22H,1-5H3. The van der Waals surface area contributed by atoms with E-state index in [1.165, 1.54) is 0 Å². The number of benzene rings is 2. The summed E-state index contributed by atoms with van der Waals surface area (Å²) in [5, 5.41) is 0. The van der Waals surface area contributed by atoms with Crippen LogP contribution in [0.25, 0.3) is 11.3 Å². The third kappa shape index (κ3) is 3.83. The number of ether oxygens (including phenoxy) is 1. The number of hydrogen-bond donors (Lipinski definition) is 1. The minimum atomic E-state index is -3.72. The van der Waals surface area contributed by atoms with Crippen molar-refractivity contribution in [3.8, 4) is 17.0 Å². The zero-order valence-electron chi connectivity index (χ0n) is 16.0. The molecule has 0 aliphatic carbocycles. The number of anilines is 1. The van der Waals surface area contributed by atoms with Crippen molar-refractivity contribution >= 4 is 15.7 Å². The Balaban J connectivity index is 1.90. The van der Waals surface area contributed by atoms with Gasteiger partial charge in [-0.1, -0.05) is 12.1 Å². The Morgan fingerprint density at radius 3 is 2.07 bits per heavy atom. The van der Waals surface area contributed by atoms with Gasteiger partial charge in [-0.2, -0.15) is 0 Å². The molecule has 3 rings (SSSR count). The molecular formula is C20H22N2O4S. The lowest BCUT2D eigenvalue weighted by Crippen LogP contribution is -2.15. The summed E-state index contributed by atoms with van der Waals surface area (Å²) in [5.41, 5.74) is 3.36. The molecule has 0 bridgehead atoms. The third-order valence-corrected chi connectivity index (χ3v) is 5.94. The first kappa shape index (κ1) is 19.0. The van der Waals surface area contributed by atoms with Crippen LogP contribution in [0.5, 0.6) is 5.75 Å². The molecule has 1 heterocycles. The quantitative estimate of drug-likeness (QED) is 0.703. The molecule has 1 aromatic heterocycles. The average Bonchev–Trinajstić information content (AvgIpc) is 2.92. The monoisotopic (exact) mass is 386 g/mol. The van der Waals surface area contributed by atoms with E-state index in [0.29, 0.717) is 28.5 Å². The Morgan fingerprint density at radius 1 is 1.00 bits per heavy atom. The Hall–Kier alpha value is -2.80. The maximum absolute atomic E-state index is 12.9. The predicted molar refractivity (Wildman–Crippen MR) is 105 cm³/mol. The van der Waals surface area contributed by atoms with E-state index < -0.39 is 10.0 Å². The lowest BCUT2D eigenvalue weighted by atomic mass is 10.1. The summed E-state index contributed by atoms with van der Waals surface area (Å²) in [4.78, 5) is 4.61. The Labute approximate surface area is 159 Å². The Morgan fingerprint density at radius 2 is 1.59 bits per heavy atom. The van der Waals surface area contributed by atoms with Crippen LogP contribution in [0.1, 0.15) is 22.8 Å². The molecule has 27 heavy (non-hydrogen) atoms. The number of nitrogens with zero attached hydrogens (tertiary/aromatic N) is 1. The van der Waals surface area contributed by atoms with Crippen LogP contribution < -0.4 is 9.46 Å². The molecule has 0 spiro atoms. The first-order valence-corrected chi connectivity index (χ1v) is 9.92. The highest BCUT2D eigenvalue weighted by Crippen LogP contribution is 2.29. The van der Waals surface area contributed by atoms with Gasteiger partial charge in [-0.05, 0) is 56.2 Å². The fourth-order valence-electron chi connectivity index (χ4n) is 3.15. The molecule has 1 N–H and O–H groups in total. The first-order chi connectivity index (χ1) is 12.7. The number of nitrogens with one attached hydrogen (secondary N) is 1. The van der Waals surface area contributed by atoms with Gasteiger partial charge < -0.3 is 9.15 Å². The van der Waals surface area contributed by atoms with E-state index in [2.05, 4.69) is 9.71 Å². The minimum Gasteiger partial charge on any atom is -0.497 e. The van der Waals surface area contributed by atoms with Crippen LogP contribution in [0.2, 0.25) is 0 Å². The number of hydrogen-bond acceptors (Lipinski definition) is 5. The molecule has 0 radical (unpaired) electrons. The second kappa shape index (κ2) is 7.08. The van der Waals surface area contributed by atoms with E-state index in [1.807, 2.05) is 19.1 Å². The normalized spacial score (nSPS) is 11.4. The summed E-state index contributed by atoms with van der Waals surface area (Å²) in [6.07, 6.45) is 0. The van der Waals surface area contributed by atoms with Crippen LogP contribution in [0, 0.1) is 27.7 Å². The number of aromatic nitrogens is 1. The van der Waals surface area contributed by atoms with Gasteiger partial charge in [0.1, 0.15) is 17.2 Å². The molecule has 0 amide bonds. The Bertz CT molecular complexity index is 1060. The molecule has 0 unspecified atom stereocenters. The average molecular weight is 386 g/mol. The van der Waals surface area contributed by atoms with Crippen molar-refractivity contribution in [2.45, 2.75) is 32.6 Å². The van der Waals surface area contributed by atoms with Crippen molar-refractivity contribution in [3.63, 3.8) is 0 Å². The molecule has 0 aliphatic rings. The first-order valence-electron chi connectivity index (χ1n) is 8.44. The number of methoxy groups -OCH3 is 1. The fourth-order valence-corrected chi connectivity index (χ4v) is 4.67. The molecule has 142 valence electrons. The van der Waals surface area contributed by atoms with Crippen molar-refractivity contribution in [2.75, 3.05) is 11.8 Å². The van der Waals surface area contributed by atoms with Gasteiger partial charge in [0.2, 0.25) is 0 Å². The summed E-state index contributed by atoms with van der Waals surface area (Å²) >= 11 is 0. The van der Waals surface area contributed by atoms with Crippen molar-refractivity contribution in [3.05, 3.63) is 59.2 Å². The summed E-state index contributed by atoms with van der Waals surface area (Å²) in [6, 6.07) is 10.5. The molecular weight excluding hydrogens is 364 g/mol. The summed E-state index contributed by atoms with van der Waals surface area (Å²) in [6.45, 7) is 7.14. The second-order valence-corrected chi connectivity index (χ2v) is 8.03. The third-order valence-electron chi connectivity index (χ3n) is 4.25. The van der Waals surface area contributed by atoms with Crippen LogP contribution in [0.15, 0.2) is 45.7 Å². The van der Waals surface area contributed by atoms with Crippen LogP contribution in [-0.2, 0) is 10.0 Å². The molecule has 2 aromatic carbocycles. The maximum Gasteiger partial charge on any atom is 0.262 e. The molecule has 0 atom stereocenters. The molecule has 6 nitrogen and oxygen atoms in total. The number of sulfonamides is 1. The number of rotatable bonds is 5. The molecule has 7 heteroatoms. The van der Waals surface area contributed by atoms with E-state index in [0.717, 1.165) is 17.0 Å². The topological polar surface area (TPSA) is 81.4 Å². The van der Waals surface area contributed by atoms with Gasteiger partial charge in [0.05, 0.1) is 12.0 Å². The number of oxazole rings is 1. The lowest BCUT2D eigenvalue weighted by molar-refractivity contribution is 0.413. The van der Waals surface area contributed by atoms with E-state index >= 15 is 0 Å². The Kier molecular flexibility index (Phi) is 4.97. The zero-order valence-corrected chi connectivity index (χ0v) is 16.8. The SMILES string of the molecule is COc1cc(C)c(S(=O)(=O)Nc2ccc(-c3nc(C)oc3C)cc2)c(C)c1. The summed E-state index contributed by atoms with van der Waals surface area (Å²) in [5.74, 6) is 1.95. The minimum absolute atomic E-state index is 0.260. The zero-order chi connectivity index (χ0) is 19.8. The molecule has 0 aliphatic heterocycles. The van der Waals surface area contributed by atoms with Crippen molar-refractivity contribution < 1.29 is 17.6 Å². The summed E-state index contributed by atoms with van der Waals surface area (Å²) in [7, 11) is -2.17. The highest BCUT2D eigenvalue weighted by Gasteiger charge is 2.21. The van der Waals surface area contributed by atoms with E-state index in [1.54, 1.807) is 52.1 Å². The van der Waals surface area contributed by atoms with Crippen molar-refractivity contribution in [1.82, 2.24) is 4.98 Å². The highest BCUT2D eigenvalue weighted by atomic mass is 32.2. The predicted octanol–water partition coefficient (Wildman–Crippen LogP) is 4.38. The van der Waals surface area contributed by atoms with Gasteiger partial charge in [-0.15, -0.1) is 0 Å². The molecule has 3 aromatic rings. The van der Waals surface area contributed by atoms with E-state index in [4.69, 9.17) is 9.15 Å². The molecule has 0 fully saturated rings. The van der Waals surface area contributed by atoms with Crippen molar-refractivity contribution in [1.29, 1.82) is 0 Å². The van der Waals surface area contributed by atoms with Crippen LogP contribution in [-0.4, -0.2) is 20.5 Å². The lowest BCUT2D eigenvalue weighted by Gasteiger charge is -2.14. The van der Waals surface area contributed by atoms with Gasteiger partial charge in [0, 0.05) is 18.2 Å². The van der Waals surface area contributed by atoms with E-state index in [-0.39, 0.29) is 4.90 Å². The van der Waals surface area contributed by atoms with Gasteiger partial charge >= 0.3 is 0 Å². The van der Waals surface area contributed by atoms with Gasteiger partial charge in [-0.25, -0.2) is 13.4 Å². The van der Waals surface area contributed by atoms with Gasteiger partial charge in [0.15, 0.2) is 5.89 Å².